The Morgan fingerprint density at radius 1 is 1.00 bits per heavy atom. The van der Waals surface area contributed by atoms with Gasteiger partial charge in [-0.2, -0.15) is 0 Å². The van der Waals surface area contributed by atoms with E-state index in [4.69, 9.17) is 21.1 Å². The van der Waals surface area contributed by atoms with Crippen LogP contribution in [0, 0.1) is 0 Å². The van der Waals surface area contributed by atoms with E-state index in [2.05, 4.69) is 18.3 Å². The predicted octanol–water partition coefficient (Wildman–Crippen LogP) is 5.21. The van der Waals surface area contributed by atoms with Crippen molar-refractivity contribution in [2.24, 2.45) is 0 Å². The van der Waals surface area contributed by atoms with E-state index in [0.717, 1.165) is 53.8 Å². The van der Waals surface area contributed by atoms with Gasteiger partial charge in [-0.1, -0.05) is 55.6 Å². The Kier molecular flexibility index (Phi) is 7.93. The summed E-state index contributed by atoms with van der Waals surface area (Å²) in [6.45, 7) is 4.40. The molecule has 0 saturated heterocycles. The number of nitrogens with one attached hydrogen (secondary N) is 1. The average Bonchev–Trinajstić information content (AvgIpc) is 2.61. The van der Waals surface area contributed by atoms with Crippen molar-refractivity contribution in [1.82, 2.24) is 5.32 Å². The van der Waals surface area contributed by atoms with Crippen molar-refractivity contribution in [2.45, 2.75) is 39.3 Å². The normalized spacial score (nSPS) is 10.6. The number of halogens is 1. The second kappa shape index (κ2) is 10.2. The molecule has 3 nitrogen and oxygen atoms in total. The molecule has 0 spiro atoms. The zero-order valence-corrected chi connectivity index (χ0v) is 15.2. The summed E-state index contributed by atoms with van der Waals surface area (Å²) in [6, 6.07) is 13.9. The van der Waals surface area contributed by atoms with Gasteiger partial charge in [0.25, 0.3) is 0 Å². The molecule has 0 radical (unpaired) electrons. The molecule has 0 amide bonds. The average molecular weight is 348 g/mol. The van der Waals surface area contributed by atoms with Crippen LogP contribution in [0.4, 0.5) is 0 Å². The third-order valence-corrected chi connectivity index (χ3v) is 4.20. The van der Waals surface area contributed by atoms with Crippen molar-refractivity contribution in [2.75, 3.05) is 13.7 Å². The summed E-state index contributed by atoms with van der Waals surface area (Å²) >= 11 is 6.17. The van der Waals surface area contributed by atoms with Gasteiger partial charge in [0, 0.05) is 18.1 Å². The summed E-state index contributed by atoms with van der Waals surface area (Å²) in [7, 11) is 1.68. The lowest BCUT2D eigenvalue weighted by Gasteiger charge is -2.13. The van der Waals surface area contributed by atoms with Gasteiger partial charge in [0.1, 0.15) is 0 Å². The maximum absolute atomic E-state index is 6.17. The van der Waals surface area contributed by atoms with Gasteiger partial charge < -0.3 is 14.8 Å². The lowest BCUT2D eigenvalue weighted by molar-refractivity contribution is 0.286. The van der Waals surface area contributed by atoms with Crippen molar-refractivity contribution in [3.63, 3.8) is 0 Å². The molecule has 0 aliphatic heterocycles. The first-order valence-corrected chi connectivity index (χ1v) is 8.86. The lowest BCUT2D eigenvalue weighted by Crippen LogP contribution is -2.13. The largest absolute Gasteiger partial charge is 0.493 e. The summed E-state index contributed by atoms with van der Waals surface area (Å²) in [6.07, 6.45) is 3.45. The first-order chi connectivity index (χ1) is 11.7. The summed E-state index contributed by atoms with van der Waals surface area (Å²) in [5, 5.41) is 4.20. The van der Waals surface area contributed by atoms with Gasteiger partial charge in [-0.25, -0.2) is 0 Å². The third kappa shape index (κ3) is 5.73. The van der Waals surface area contributed by atoms with E-state index in [0.29, 0.717) is 0 Å². The molecule has 0 saturated carbocycles. The molecule has 0 atom stereocenters. The summed E-state index contributed by atoms with van der Waals surface area (Å²) in [5.41, 5.74) is 2.25. The molecule has 2 aromatic carbocycles. The minimum absolute atomic E-state index is 0.730. The number of unbranched alkanes of at least 4 members (excludes halogenated alkanes) is 2. The number of hydrogen-bond donors (Lipinski definition) is 1. The number of ether oxygens (including phenoxy) is 2. The van der Waals surface area contributed by atoms with Crippen molar-refractivity contribution in [1.29, 1.82) is 0 Å². The minimum Gasteiger partial charge on any atom is -0.493 e. The van der Waals surface area contributed by atoms with E-state index >= 15 is 0 Å². The van der Waals surface area contributed by atoms with Crippen LogP contribution >= 0.6 is 11.6 Å². The van der Waals surface area contributed by atoms with E-state index < -0.39 is 0 Å². The number of rotatable bonds is 10. The Bertz CT molecular complexity index is 631. The molecule has 0 fully saturated rings. The highest BCUT2D eigenvalue weighted by atomic mass is 35.5. The molecule has 0 aliphatic rings. The van der Waals surface area contributed by atoms with Crippen LogP contribution in [0.1, 0.15) is 37.3 Å². The van der Waals surface area contributed by atoms with Crippen molar-refractivity contribution < 1.29 is 9.47 Å². The highest BCUT2D eigenvalue weighted by Gasteiger charge is 2.06. The quantitative estimate of drug-likeness (QED) is 0.598. The second-order valence-electron chi connectivity index (χ2n) is 5.74. The highest BCUT2D eigenvalue weighted by molar-refractivity contribution is 6.31. The fourth-order valence-electron chi connectivity index (χ4n) is 2.46. The van der Waals surface area contributed by atoms with E-state index in [9.17, 15) is 0 Å². The van der Waals surface area contributed by atoms with Crippen LogP contribution in [0.15, 0.2) is 42.5 Å². The molecule has 2 aromatic rings. The standard InChI is InChI=1S/C20H26ClNO2/c1-3-4-7-12-24-19-11-10-16(13-20(19)23-2)14-22-15-17-8-5-6-9-18(17)21/h5-6,8-11,13,22H,3-4,7,12,14-15H2,1-2H3. The van der Waals surface area contributed by atoms with Crippen molar-refractivity contribution in [3.05, 3.63) is 58.6 Å². The lowest BCUT2D eigenvalue weighted by atomic mass is 10.2. The van der Waals surface area contributed by atoms with Gasteiger partial charge in [-0.15, -0.1) is 0 Å². The van der Waals surface area contributed by atoms with Crippen LogP contribution in [-0.4, -0.2) is 13.7 Å². The van der Waals surface area contributed by atoms with E-state index in [1.807, 2.05) is 36.4 Å². The fourth-order valence-corrected chi connectivity index (χ4v) is 2.66. The monoisotopic (exact) mass is 347 g/mol. The smallest absolute Gasteiger partial charge is 0.161 e. The van der Waals surface area contributed by atoms with Gasteiger partial charge in [0.2, 0.25) is 0 Å². The molecular formula is C20H26ClNO2. The Morgan fingerprint density at radius 3 is 2.58 bits per heavy atom. The van der Waals surface area contributed by atoms with Crippen LogP contribution in [0.2, 0.25) is 5.02 Å². The first kappa shape index (κ1) is 18.6. The van der Waals surface area contributed by atoms with Gasteiger partial charge in [0.15, 0.2) is 11.5 Å². The maximum Gasteiger partial charge on any atom is 0.161 e. The van der Waals surface area contributed by atoms with Gasteiger partial charge in [0.05, 0.1) is 13.7 Å². The van der Waals surface area contributed by atoms with Crippen LogP contribution in [0.25, 0.3) is 0 Å². The molecule has 0 aromatic heterocycles. The van der Waals surface area contributed by atoms with Gasteiger partial charge in [-0.3, -0.25) is 0 Å². The van der Waals surface area contributed by atoms with Crippen molar-refractivity contribution >= 4 is 11.6 Å². The van der Waals surface area contributed by atoms with Gasteiger partial charge >= 0.3 is 0 Å². The van der Waals surface area contributed by atoms with Gasteiger partial charge in [-0.05, 0) is 35.7 Å². The summed E-state index contributed by atoms with van der Waals surface area (Å²) < 4.78 is 11.3. The highest BCUT2D eigenvalue weighted by Crippen LogP contribution is 2.28. The topological polar surface area (TPSA) is 30.5 Å². The number of hydrogen-bond acceptors (Lipinski definition) is 3. The van der Waals surface area contributed by atoms with Crippen LogP contribution in [-0.2, 0) is 13.1 Å². The number of benzene rings is 2. The Balaban J connectivity index is 1.88. The van der Waals surface area contributed by atoms with Crippen molar-refractivity contribution in [3.8, 4) is 11.5 Å². The molecule has 0 bridgehead atoms. The molecule has 1 N–H and O–H groups in total. The fraction of sp³-hybridized carbons (Fsp3) is 0.400. The maximum atomic E-state index is 6.17. The van der Waals surface area contributed by atoms with Crippen LogP contribution in [0.5, 0.6) is 11.5 Å². The predicted molar refractivity (Wildman–Crippen MR) is 100 cm³/mol. The molecule has 4 heteroatoms. The molecule has 0 heterocycles. The molecule has 0 unspecified atom stereocenters. The third-order valence-electron chi connectivity index (χ3n) is 3.84. The van der Waals surface area contributed by atoms with E-state index in [1.165, 1.54) is 12.8 Å². The second-order valence-corrected chi connectivity index (χ2v) is 6.14. The SMILES string of the molecule is CCCCCOc1ccc(CNCc2ccccc2Cl)cc1OC. The summed E-state index contributed by atoms with van der Waals surface area (Å²) in [5.74, 6) is 1.59. The van der Waals surface area contributed by atoms with E-state index in [-0.39, 0.29) is 0 Å². The Labute approximate surface area is 149 Å². The molecule has 24 heavy (non-hydrogen) atoms. The minimum atomic E-state index is 0.730. The molecule has 2 rings (SSSR count). The van der Waals surface area contributed by atoms with E-state index in [1.54, 1.807) is 7.11 Å². The molecule has 0 aliphatic carbocycles. The molecule has 130 valence electrons. The van der Waals surface area contributed by atoms with Crippen LogP contribution in [0.3, 0.4) is 0 Å². The zero-order valence-electron chi connectivity index (χ0n) is 14.5. The molecular weight excluding hydrogens is 322 g/mol. The Morgan fingerprint density at radius 2 is 1.83 bits per heavy atom. The Hall–Kier alpha value is -1.71. The first-order valence-electron chi connectivity index (χ1n) is 8.48. The number of methoxy groups -OCH3 is 1. The van der Waals surface area contributed by atoms with Crippen LogP contribution < -0.4 is 14.8 Å². The summed E-state index contributed by atoms with van der Waals surface area (Å²) in [4.78, 5) is 0. The zero-order chi connectivity index (χ0) is 17.2.